The summed E-state index contributed by atoms with van der Waals surface area (Å²) in [5, 5.41) is 10.0. The van der Waals surface area contributed by atoms with E-state index in [-0.39, 0.29) is 11.6 Å². The van der Waals surface area contributed by atoms with Crippen LogP contribution in [0.15, 0.2) is 42.5 Å². The molecule has 0 saturated heterocycles. The fraction of sp³-hybridized carbons (Fsp3) is 0.250. The van der Waals surface area contributed by atoms with Gasteiger partial charge >= 0.3 is 0 Å². The smallest absolute Gasteiger partial charge is 0.142 e. The second kappa shape index (κ2) is 6.73. The molecule has 0 heterocycles. The summed E-state index contributed by atoms with van der Waals surface area (Å²) < 4.78 is 19.0. The molecule has 0 unspecified atom stereocenters. The first-order chi connectivity index (χ1) is 9.61. The monoisotopic (exact) mass is 294 g/mol. The minimum Gasteiger partial charge on any atom is -0.489 e. The summed E-state index contributed by atoms with van der Waals surface area (Å²) in [4.78, 5) is 0. The largest absolute Gasteiger partial charge is 0.489 e. The van der Waals surface area contributed by atoms with Crippen LogP contribution in [0.25, 0.3) is 0 Å². The quantitative estimate of drug-likeness (QED) is 0.879. The second-order valence-corrected chi connectivity index (χ2v) is 4.91. The van der Waals surface area contributed by atoms with Gasteiger partial charge in [0.25, 0.3) is 0 Å². The van der Waals surface area contributed by atoms with Gasteiger partial charge in [0, 0.05) is 5.56 Å². The van der Waals surface area contributed by atoms with E-state index in [0.717, 1.165) is 5.56 Å². The molecule has 0 radical (unpaired) electrons. The van der Waals surface area contributed by atoms with Crippen molar-refractivity contribution in [3.8, 4) is 5.75 Å². The standard InChI is InChI=1S/C16H16ClFO2/c1-2-15(19)12-5-3-4-6-16(12)20-10-11-7-8-13(17)14(18)9-11/h3-9,15,19H,2,10H2,1H3/t15-/m1/s1. The third kappa shape index (κ3) is 3.50. The summed E-state index contributed by atoms with van der Waals surface area (Å²) in [6, 6.07) is 11.9. The highest BCUT2D eigenvalue weighted by Gasteiger charge is 2.11. The summed E-state index contributed by atoms with van der Waals surface area (Å²) >= 11 is 5.63. The molecule has 1 atom stereocenters. The molecule has 2 rings (SSSR count). The first kappa shape index (κ1) is 14.8. The average Bonchev–Trinajstić information content (AvgIpc) is 2.48. The molecule has 2 aromatic carbocycles. The van der Waals surface area contributed by atoms with Crippen LogP contribution in [0.1, 0.15) is 30.6 Å². The SMILES string of the molecule is CC[C@@H](O)c1ccccc1OCc1ccc(Cl)c(F)c1. The number of ether oxygens (including phenoxy) is 1. The number of hydrogen-bond acceptors (Lipinski definition) is 2. The average molecular weight is 295 g/mol. The summed E-state index contributed by atoms with van der Waals surface area (Å²) in [6.07, 6.45) is 0.0452. The molecular formula is C16H16ClFO2. The Morgan fingerprint density at radius 2 is 2.00 bits per heavy atom. The van der Waals surface area contributed by atoms with Gasteiger partial charge in [-0.05, 0) is 30.2 Å². The van der Waals surface area contributed by atoms with Crippen molar-refractivity contribution in [3.05, 3.63) is 64.4 Å². The van der Waals surface area contributed by atoms with Crippen LogP contribution in [0.2, 0.25) is 5.02 Å². The van der Waals surface area contributed by atoms with E-state index in [4.69, 9.17) is 16.3 Å². The zero-order valence-electron chi connectivity index (χ0n) is 11.1. The van der Waals surface area contributed by atoms with Crippen molar-refractivity contribution in [1.29, 1.82) is 0 Å². The lowest BCUT2D eigenvalue weighted by Gasteiger charge is -2.15. The fourth-order valence-corrected chi connectivity index (χ4v) is 2.02. The summed E-state index contributed by atoms with van der Waals surface area (Å²) in [6.45, 7) is 2.12. The van der Waals surface area contributed by atoms with Gasteiger partial charge in [-0.3, -0.25) is 0 Å². The molecule has 0 aromatic heterocycles. The molecule has 4 heteroatoms. The molecule has 2 nitrogen and oxygen atoms in total. The molecule has 0 aliphatic heterocycles. The lowest BCUT2D eigenvalue weighted by molar-refractivity contribution is 0.166. The molecule has 106 valence electrons. The Morgan fingerprint density at radius 1 is 1.25 bits per heavy atom. The Morgan fingerprint density at radius 3 is 2.70 bits per heavy atom. The van der Waals surface area contributed by atoms with Gasteiger partial charge in [-0.15, -0.1) is 0 Å². The molecule has 0 bridgehead atoms. The summed E-state index contributed by atoms with van der Waals surface area (Å²) in [5.41, 5.74) is 1.43. The van der Waals surface area contributed by atoms with Gasteiger partial charge in [-0.1, -0.05) is 42.8 Å². The van der Waals surface area contributed by atoms with Crippen molar-refractivity contribution in [1.82, 2.24) is 0 Å². The maximum atomic E-state index is 13.3. The van der Waals surface area contributed by atoms with Crippen molar-refractivity contribution in [2.45, 2.75) is 26.1 Å². The zero-order chi connectivity index (χ0) is 14.5. The fourth-order valence-electron chi connectivity index (χ4n) is 1.90. The maximum Gasteiger partial charge on any atom is 0.142 e. The number of halogens is 2. The van der Waals surface area contributed by atoms with Gasteiger partial charge in [-0.25, -0.2) is 4.39 Å². The topological polar surface area (TPSA) is 29.5 Å². The van der Waals surface area contributed by atoms with Crippen LogP contribution < -0.4 is 4.74 Å². The summed E-state index contributed by atoms with van der Waals surface area (Å²) in [5.74, 6) is 0.145. The molecule has 0 amide bonds. The van der Waals surface area contributed by atoms with Crippen molar-refractivity contribution < 1.29 is 14.2 Å². The van der Waals surface area contributed by atoms with E-state index >= 15 is 0 Å². The van der Waals surface area contributed by atoms with Crippen molar-refractivity contribution in [3.63, 3.8) is 0 Å². The third-order valence-corrected chi connectivity index (χ3v) is 3.35. The summed E-state index contributed by atoms with van der Waals surface area (Å²) in [7, 11) is 0. The predicted molar refractivity (Wildman–Crippen MR) is 77.4 cm³/mol. The van der Waals surface area contributed by atoms with Crippen molar-refractivity contribution in [2.24, 2.45) is 0 Å². The van der Waals surface area contributed by atoms with E-state index in [1.165, 1.54) is 12.1 Å². The van der Waals surface area contributed by atoms with Gasteiger partial charge in [-0.2, -0.15) is 0 Å². The van der Waals surface area contributed by atoms with E-state index in [0.29, 0.717) is 17.7 Å². The number of aliphatic hydroxyl groups excluding tert-OH is 1. The molecular weight excluding hydrogens is 279 g/mol. The Bertz CT molecular complexity index is 586. The van der Waals surface area contributed by atoms with Gasteiger partial charge < -0.3 is 9.84 Å². The highest BCUT2D eigenvalue weighted by molar-refractivity contribution is 6.30. The lowest BCUT2D eigenvalue weighted by Crippen LogP contribution is -2.02. The van der Waals surface area contributed by atoms with Crippen LogP contribution >= 0.6 is 11.6 Å². The highest BCUT2D eigenvalue weighted by atomic mass is 35.5. The normalized spacial score (nSPS) is 12.2. The Labute approximate surface area is 122 Å². The first-order valence-electron chi connectivity index (χ1n) is 6.45. The Hall–Kier alpha value is -1.58. The molecule has 1 N–H and O–H groups in total. The molecule has 2 aromatic rings. The third-order valence-electron chi connectivity index (χ3n) is 3.04. The van der Waals surface area contributed by atoms with Crippen molar-refractivity contribution >= 4 is 11.6 Å². The zero-order valence-corrected chi connectivity index (χ0v) is 11.9. The minimum atomic E-state index is -0.562. The van der Waals surface area contributed by atoms with Crippen LogP contribution in [-0.2, 0) is 6.61 Å². The van der Waals surface area contributed by atoms with Crippen molar-refractivity contribution in [2.75, 3.05) is 0 Å². The highest BCUT2D eigenvalue weighted by Crippen LogP contribution is 2.27. The second-order valence-electron chi connectivity index (χ2n) is 4.50. The van der Waals surface area contributed by atoms with Gasteiger partial charge in [0.1, 0.15) is 18.2 Å². The number of aliphatic hydroxyl groups is 1. The molecule has 20 heavy (non-hydrogen) atoms. The van der Waals surface area contributed by atoms with E-state index in [1.54, 1.807) is 12.1 Å². The molecule has 0 fully saturated rings. The van der Waals surface area contributed by atoms with Gasteiger partial charge in [0.2, 0.25) is 0 Å². The Kier molecular flexibility index (Phi) is 4.99. The van der Waals surface area contributed by atoms with Gasteiger partial charge in [0.15, 0.2) is 0 Å². The first-order valence-corrected chi connectivity index (χ1v) is 6.83. The molecule has 0 aliphatic carbocycles. The Balaban J connectivity index is 2.12. The van der Waals surface area contributed by atoms with E-state index in [1.807, 2.05) is 25.1 Å². The molecule has 0 spiro atoms. The molecule has 0 saturated carbocycles. The predicted octanol–water partition coefficient (Wildman–Crippen LogP) is 4.50. The van der Waals surface area contributed by atoms with E-state index in [2.05, 4.69) is 0 Å². The van der Waals surface area contributed by atoms with E-state index < -0.39 is 11.9 Å². The number of benzene rings is 2. The van der Waals surface area contributed by atoms with Gasteiger partial charge in [0.05, 0.1) is 11.1 Å². The number of rotatable bonds is 5. The maximum absolute atomic E-state index is 13.3. The van der Waals surface area contributed by atoms with Crippen LogP contribution in [0.3, 0.4) is 0 Å². The minimum absolute atomic E-state index is 0.0931. The van der Waals surface area contributed by atoms with Crippen LogP contribution in [0.5, 0.6) is 5.75 Å². The molecule has 0 aliphatic rings. The number of hydrogen-bond donors (Lipinski definition) is 1. The van der Waals surface area contributed by atoms with Crippen LogP contribution in [0.4, 0.5) is 4.39 Å². The van der Waals surface area contributed by atoms with Crippen LogP contribution in [-0.4, -0.2) is 5.11 Å². The lowest BCUT2D eigenvalue weighted by atomic mass is 10.1. The van der Waals surface area contributed by atoms with Crippen LogP contribution in [0, 0.1) is 5.82 Å². The number of para-hydroxylation sites is 1. The van der Waals surface area contributed by atoms with E-state index in [9.17, 15) is 9.50 Å².